The van der Waals surface area contributed by atoms with Gasteiger partial charge in [-0.2, -0.15) is 20.2 Å². The van der Waals surface area contributed by atoms with E-state index in [1.54, 1.807) is 24.3 Å². The highest BCUT2D eigenvalue weighted by Crippen LogP contribution is 2.25. The molecule has 0 aliphatic carbocycles. The molecule has 0 bridgehead atoms. The standard InChI is InChI=1S/C12H5N5S/c13-4-8(5-14)12(6-15)16-10-2-1-3-11-9(10)7-18-17-11/h1-3,7,16H. The molecule has 0 atom stereocenters. The molecule has 0 unspecified atom stereocenters. The van der Waals surface area contributed by atoms with Crippen molar-refractivity contribution < 1.29 is 0 Å². The average Bonchev–Trinajstić information content (AvgIpc) is 2.88. The monoisotopic (exact) mass is 251 g/mol. The van der Waals surface area contributed by atoms with Crippen molar-refractivity contribution in [2.45, 2.75) is 0 Å². The van der Waals surface area contributed by atoms with Gasteiger partial charge in [0.15, 0.2) is 5.57 Å². The lowest BCUT2D eigenvalue weighted by atomic mass is 10.2. The van der Waals surface area contributed by atoms with E-state index in [1.807, 2.05) is 17.5 Å². The molecule has 0 saturated carbocycles. The smallest absolute Gasteiger partial charge is 0.163 e. The van der Waals surface area contributed by atoms with E-state index < -0.39 is 0 Å². The van der Waals surface area contributed by atoms with E-state index in [2.05, 4.69) is 9.69 Å². The molecule has 0 radical (unpaired) electrons. The van der Waals surface area contributed by atoms with E-state index in [0.717, 1.165) is 10.9 Å². The number of hydrogen-bond donors (Lipinski definition) is 1. The molecular formula is C12H5N5S. The van der Waals surface area contributed by atoms with Gasteiger partial charge in [0.1, 0.15) is 23.9 Å². The number of fused-ring (bicyclic) bond motifs is 1. The van der Waals surface area contributed by atoms with Crippen LogP contribution in [-0.4, -0.2) is 4.37 Å². The Kier molecular flexibility index (Phi) is 3.20. The number of rotatable bonds is 2. The maximum atomic E-state index is 8.96. The van der Waals surface area contributed by atoms with Crippen molar-refractivity contribution in [3.63, 3.8) is 0 Å². The zero-order valence-electron chi connectivity index (χ0n) is 9.01. The van der Waals surface area contributed by atoms with Gasteiger partial charge in [0.25, 0.3) is 0 Å². The summed E-state index contributed by atoms with van der Waals surface area (Å²) < 4.78 is 4.17. The van der Waals surface area contributed by atoms with E-state index >= 15 is 0 Å². The molecule has 2 aromatic rings. The molecule has 0 amide bonds. The van der Waals surface area contributed by atoms with Crippen LogP contribution in [0.25, 0.3) is 10.9 Å². The summed E-state index contributed by atoms with van der Waals surface area (Å²) in [5.41, 5.74) is 1.16. The first-order valence-corrected chi connectivity index (χ1v) is 5.68. The molecule has 5 nitrogen and oxygen atoms in total. The van der Waals surface area contributed by atoms with E-state index in [9.17, 15) is 0 Å². The molecule has 84 valence electrons. The molecule has 0 spiro atoms. The lowest BCUT2D eigenvalue weighted by molar-refractivity contribution is 1.38. The van der Waals surface area contributed by atoms with Crippen molar-refractivity contribution >= 4 is 28.1 Å². The van der Waals surface area contributed by atoms with Crippen molar-refractivity contribution in [3.8, 4) is 18.2 Å². The van der Waals surface area contributed by atoms with Crippen LogP contribution in [0.1, 0.15) is 0 Å². The van der Waals surface area contributed by atoms with E-state index in [-0.39, 0.29) is 11.3 Å². The summed E-state index contributed by atoms with van der Waals surface area (Å²) in [5, 5.41) is 31.9. The summed E-state index contributed by atoms with van der Waals surface area (Å²) >= 11 is 1.30. The van der Waals surface area contributed by atoms with Crippen LogP contribution >= 0.6 is 11.5 Å². The zero-order chi connectivity index (χ0) is 13.0. The van der Waals surface area contributed by atoms with Gasteiger partial charge in [-0.25, -0.2) is 0 Å². The van der Waals surface area contributed by atoms with E-state index in [4.69, 9.17) is 15.8 Å². The molecule has 0 aliphatic rings. The second kappa shape index (κ2) is 4.97. The lowest BCUT2D eigenvalue weighted by Gasteiger charge is -2.05. The Balaban J connectivity index is 2.50. The molecule has 6 heteroatoms. The normalized spacial score (nSPS) is 8.94. The Morgan fingerprint density at radius 1 is 1.17 bits per heavy atom. The molecule has 0 aliphatic heterocycles. The minimum absolute atomic E-state index is 0.0568. The van der Waals surface area contributed by atoms with Crippen LogP contribution in [0.15, 0.2) is 34.8 Å². The number of benzene rings is 1. The molecule has 1 N–H and O–H groups in total. The fourth-order valence-corrected chi connectivity index (χ4v) is 2.10. The predicted octanol–water partition coefficient (Wildman–Crippen LogP) is 2.53. The summed E-state index contributed by atoms with van der Waals surface area (Å²) in [6.07, 6.45) is 0. The van der Waals surface area contributed by atoms with Gasteiger partial charge in [0.2, 0.25) is 0 Å². The second-order valence-corrected chi connectivity index (χ2v) is 3.89. The van der Waals surface area contributed by atoms with Crippen LogP contribution in [0.2, 0.25) is 0 Å². The maximum absolute atomic E-state index is 8.96. The number of nitrogens with zero attached hydrogens (tertiary/aromatic N) is 4. The second-order valence-electron chi connectivity index (χ2n) is 3.26. The third-order valence-corrected chi connectivity index (χ3v) is 2.89. The number of hydrogen-bond acceptors (Lipinski definition) is 6. The largest absolute Gasteiger partial charge is 0.345 e. The number of nitrogens with one attached hydrogen (secondary N) is 1. The van der Waals surface area contributed by atoms with Gasteiger partial charge in [-0.05, 0) is 23.7 Å². The first-order valence-electron chi connectivity index (χ1n) is 4.85. The summed E-state index contributed by atoms with van der Waals surface area (Å²) in [7, 11) is 0. The molecule has 2 rings (SSSR count). The Morgan fingerprint density at radius 3 is 2.61 bits per heavy atom. The van der Waals surface area contributed by atoms with Gasteiger partial charge in [-0.1, -0.05) is 6.07 Å². The van der Waals surface area contributed by atoms with Crippen molar-refractivity contribution in [1.29, 1.82) is 15.8 Å². The minimum atomic E-state index is -0.238. The third kappa shape index (κ3) is 1.99. The highest BCUT2D eigenvalue weighted by atomic mass is 32.1. The number of anilines is 1. The number of aromatic nitrogens is 1. The van der Waals surface area contributed by atoms with Crippen LogP contribution in [0, 0.1) is 34.0 Å². The van der Waals surface area contributed by atoms with Gasteiger partial charge in [0.05, 0.1) is 5.52 Å². The minimum Gasteiger partial charge on any atom is -0.345 e. The highest BCUT2D eigenvalue weighted by Gasteiger charge is 2.08. The maximum Gasteiger partial charge on any atom is 0.163 e. The summed E-state index contributed by atoms with van der Waals surface area (Å²) in [6, 6.07) is 10.6. The van der Waals surface area contributed by atoms with E-state index in [0.29, 0.717) is 5.69 Å². The van der Waals surface area contributed by atoms with Crippen LogP contribution in [0.5, 0.6) is 0 Å². The predicted molar refractivity (Wildman–Crippen MR) is 67.1 cm³/mol. The van der Waals surface area contributed by atoms with E-state index in [1.165, 1.54) is 11.5 Å². The average molecular weight is 251 g/mol. The zero-order valence-corrected chi connectivity index (χ0v) is 9.82. The van der Waals surface area contributed by atoms with Crippen molar-refractivity contribution in [1.82, 2.24) is 4.37 Å². The Hall–Kier alpha value is -2.88. The number of allylic oxidation sites excluding steroid dienone is 2. The van der Waals surface area contributed by atoms with Gasteiger partial charge >= 0.3 is 0 Å². The van der Waals surface area contributed by atoms with Gasteiger partial charge in [-0.15, -0.1) is 0 Å². The van der Waals surface area contributed by atoms with Crippen LogP contribution in [0.4, 0.5) is 5.69 Å². The molecule has 18 heavy (non-hydrogen) atoms. The summed E-state index contributed by atoms with van der Waals surface area (Å²) in [5.74, 6) is 0. The van der Waals surface area contributed by atoms with Crippen molar-refractivity contribution in [3.05, 3.63) is 34.8 Å². The first-order chi connectivity index (χ1) is 8.80. The summed E-state index contributed by atoms with van der Waals surface area (Å²) in [4.78, 5) is 0. The molecule has 1 aromatic heterocycles. The van der Waals surface area contributed by atoms with Crippen molar-refractivity contribution in [2.75, 3.05) is 5.32 Å². The molecule has 1 heterocycles. The van der Waals surface area contributed by atoms with Crippen molar-refractivity contribution in [2.24, 2.45) is 0 Å². The number of nitriles is 3. The fraction of sp³-hybridized carbons (Fsp3) is 0. The van der Waals surface area contributed by atoms with Gasteiger partial charge in [-0.3, -0.25) is 0 Å². The van der Waals surface area contributed by atoms with Gasteiger partial charge < -0.3 is 5.32 Å². The quantitative estimate of drug-likeness (QED) is 0.827. The van der Waals surface area contributed by atoms with Crippen LogP contribution in [0.3, 0.4) is 0 Å². The fourth-order valence-electron chi connectivity index (χ4n) is 1.42. The van der Waals surface area contributed by atoms with Gasteiger partial charge in [0, 0.05) is 16.5 Å². The topological polar surface area (TPSA) is 96.3 Å². The third-order valence-electron chi connectivity index (χ3n) is 2.25. The Labute approximate surface area is 107 Å². The highest BCUT2D eigenvalue weighted by molar-refractivity contribution is 7.04. The lowest BCUT2D eigenvalue weighted by Crippen LogP contribution is -2.00. The first kappa shape index (κ1) is 11.6. The molecule has 0 fully saturated rings. The van der Waals surface area contributed by atoms with Crippen LogP contribution in [-0.2, 0) is 0 Å². The molecule has 0 saturated heterocycles. The SMILES string of the molecule is N#CC(C#N)=C(C#N)Nc1cccc2nscc12. The molecule has 1 aromatic carbocycles. The van der Waals surface area contributed by atoms with Crippen LogP contribution < -0.4 is 5.32 Å². The Bertz CT molecular complexity index is 735. The molecular weight excluding hydrogens is 246 g/mol. The summed E-state index contributed by atoms with van der Waals surface area (Å²) in [6.45, 7) is 0. The Morgan fingerprint density at radius 2 is 1.94 bits per heavy atom.